The van der Waals surface area contributed by atoms with Gasteiger partial charge in [0.15, 0.2) is 5.82 Å². The molecule has 2 bridgehead atoms. The smallest absolute Gasteiger partial charge is 0.251 e. The molecule has 2 aliphatic heterocycles. The van der Waals surface area contributed by atoms with Crippen molar-refractivity contribution in [3.05, 3.63) is 72.3 Å². The van der Waals surface area contributed by atoms with Crippen LogP contribution in [0.25, 0.3) is 22.2 Å². The van der Waals surface area contributed by atoms with Crippen LogP contribution in [0.4, 0.5) is 0 Å². The van der Waals surface area contributed by atoms with Crippen molar-refractivity contribution in [3.8, 4) is 17.0 Å². The van der Waals surface area contributed by atoms with Crippen molar-refractivity contribution in [1.82, 2.24) is 30.4 Å². The number of aromatic amines is 1. The van der Waals surface area contributed by atoms with E-state index >= 15 is 0 Å². The topological polar surface area (TPSA) is 96.0 Å². The van der Waals surface area contributed by atoms with E-state index in [4.69, 9.17) is 4.74 Å². The largest absolute Gasteiger partial charge is 0.490 e. The van der Waals surface area contributed by atoms with Crippen LogP contribution < -0.4 is 10.1 Å². The van der Waals surface area contributed by atoms with Gasteiger partial charge in [0.05, 0.1) is 17.3 Å². The van der Waals surface area contributed by atoms with Gasteiger partial charge in [-0.25, -0.2) is 9.97 Å². The predicted octanol–water partition coefficient (Wildman–Crippen LogP) is 5.69. The fourth-order valence-corrected chi connectivity index (χ4v) is 7.10. The molecule has 40 heavy (non-hydrogen) atoms. The Hall–Kier alpha value is -3.78. The molecule has 2 aromatic heterocycles. The number of benzene rings is 2. The molecule has 2 unspecified atom stereocenters. The van der Waals surface area contributed by atoms with E-state index in [0.717, 1.165) is 53.6 Å². The SMILES string of the molecule is CN1[C@@H]2CC[C@H]1CC(Oc1ccc(-c3n[nH]c4ccc(C(=O)NC(c5ncccn5)C5CCCC5)cc34)cc1)C2. The first kappa shape index (κ1) is 25.2. The van der Waals surface area contributed by atoms with Gasteiger partial charge < -0.3 is 15.0 Å². The molecule has 4 aromatic rings. The summed E-state index contributed by atoms with van der Waals surface area (Å²) in [5.41, 5.74) is 3.31. The van der Waals surface area contributed by atoms with Crippen LogP contribution in [0.15, 0.2) is 60.9 Å². The fraction of sp³-hybridized carbons (Fsp3) is 0.438. The minimum Gasteiger partial charge on any atom is -0.490 e. The Balaban J connectivity index is 1.09. The van der Waals surface area contributed by atoms with Gasteiger partial charge in [0.1, 0.15) is 11.9 Å². The maximum atomic E-state index is 13.5. The molecular weight excluding hydrogens is 500 g/mol. The van der Waals surface area contributed by atoms with E-state index in [1.165, 1.54) is 25.7 Å². The molecule has 0 spiro atoms. The van der Waals surface area contributed by atoms with Gasteiger partial charge in [-0.15, -0.1) is 0 Å². The Kier molecular flexibility index (Phi) is 6.71. The second kappa shape index (κ2) is 10.7. The standard InChI is InChI=1S/C32H36N6O2/c1-38-23-10-11-24(38)19-26(18-23)40-25-12-7-21(8-13-25)29-27-17-22(9-14-28(27)36-37-29)32(39)35-30(20-5-2-3-6-20)31-33-15-4-16-34-31/h4,7-9,12-17,20,23-24,26,30H,2-3,5-6,10-11,18-19H2,1H3,(H,35,39)(H,36,37)/t23-,24+,26?,30?. The number of carbonyl (C=O) groups is 1. The zero-order chi connectivity index (χ0) is 27.1. The van der Waals surface area contributed by atoms with Crippen LogP contribution in [0, 0.1) is 5.92 Å². The summed E-state index contributed by atoms with van der Waals surface area (Å²) >= 11 is 0. The second-order valence-electron chi connectivity index (χ2n) is 11.7. The van der Waals surface area contributed by atoms with E-state index in [1.54, 1.807) is 12.4 Å². The summed E-state index contributed by atoms with van der Waals surface area (Å²) in [6, 6.07) is 16.8. The molecule has 3 fully saturated rings. The Labute approximate surface area is 234 Å². The molecule has 8 heteroatoms. The maximum absolute atomic E-state index is 13.5. The first-order valence-electron chi connectivity index (χ1n) is 14.7. The maximum Gasteiger partial charge on any atom is 0.251 e. The van der Waals surface area contributed by atoms with Gasteiger partial charge in [-0.1, -0.05) is 12.8 Å². The van der Waals surface area contributed by atoms with Crippen LogP contribution in [0.1, 0.15) is 73.6 Å². The van der Waals surface area contributed by atoms with Crippen LogP contribution in [-0.2, 0) is 0 Å². The number of piperidine rings is 1. The molecule has 206 valence electrons. The molecule has 2 aromatic carbocycles. The first-order valence-corrected chi connectivity index (χ1v) is 14.7. The zero-order valence-corrected chi connectivity index (χ0v) is 22.9. The quantitative estimate of drug-likeness (QED) is 0.315. The number of ether oxygens (including phenoxy) is 1. The third-order valence-electron chi connectivity index (χ3n) is 9.33. The van der Waals surface area contributed by atoms with E-state index in [9.17, 15) is 4.79 Å². The highest BCUT2D eigenvalue weighted by Gasteiger charge is 2.39. The van der Waals surface area contributed by atoms with Gasteiger partial charge in [-0.05, 0) is 100 Å². The summed E-state index contributed by atoms with van der Waals surface area (Å²) in [6.45, 7) is 0. The Morgan fingerprint density at radius 3 is 2.45 bits per heavy atom. The van der Waals surface area contributed by atoms with Gasteiger partial charge in [0, 0.05) is 41.0 Å². The molecular formula is C32H36N6O2. The number of aromatic nitrogens is 4. The summed E-state index contributed by atoms with van der Waals surface area (Å²) in [6.07, 6.45) is 13.0. The van der Waals surface area contributed by atoms with Gasteiger partial charge in [-0.2, -0.15) is 5.10 Å². The number of hydrogen-bond donors (Lipinski definition) is 2. The molecule has 4 atom stereocenters. The Morgan fingerprint density at radius 2 is 1.73 bits per heavy atom. The van der Waals surface area contributed by atoms with Crippen molar-refractivity contribution in [1.29, 1.82) is 0 Å². The van der Waals surface area contributed by atoms with Crippen LogP contribution in [-0.4, -0.2) is 56.2 Å². The van der Waals surface area contributed by atoms with Crippen molar-refractivity contribution < 1.29 is 9.53 Å². The molecule has 7 rings (SSSR count). The van der Waals surface area contributed by atoms with E-state index in [1.807, 2.05) is 36.4 Å². The number of carbonyl (C=O) groups excluding carboxylic acids is 1. The summed E-state index contributed by atoms with van der Waals surface area (Å²) in [4.78, 5) is 25.0. The molecule has 2 N–H and O–H groups in total. The normalized spacial score (nSPS) is 23.9. The van der Waals surface area contributed by atoms with Crippen molar-refractivity contribution >= 4 is 16.8 Å². The molecule has 2 saturated heterocycles. The monoisotopic (exact) mass is 536 g/mol. The average Bonchev–Trinajstić information content (AvgIpc) is 3.71. The second-order valence-corrected chi connectivity index (χ2v) is 11.7. The van der Waals surface area contributed by atoms with Crippen molar-refractivity contribution in [3.63, 3.8) is 0 Å². The van der Waals surface area contributed by atoms with E-state index in [-0.39, 0.29) is 18.1 Å². The summed E-state index contributed by atoms with van der Waals surface area (Å²) in [7, 11) is 2.25. The third-order valence-corrected chi connectivity index (χ3v) is 9.33. The lowest BCUT2D eigenvalue weighted by Gasteiger charge is -2.36. The lowest BCUT2D eigenvalue weighted by molar-refractivity contribution is 0.0662. The van der Waals surface area contributed by atoms with E-state index in [0.29, 0.717) is 29.4 Å². The highest BCUT2D eigenvalue weighted by Crippen LogP contribution is 2.37. The van der Waals surface area contributed by atoms with Crippen LogP contribution in [0.2, 0.25) is 0 Å². The molecule has 8 nitrogen and oxygen atoms in total. The molecule has 0 radical (unpaired) electrons. The zero-order valence-electron chi connectivity index (χ0n) is 22.9. The van der Waals surface area contributed by atoms with Gasteiger partial charge in [0.25, 0.3) is 5.91 Å². The first-order chi connectivity index (χ1) is 19.6. The number of H-pyrrole nitrogens is 1. The average molecular weight is 537 g/mol. The van der Waals surface area contributed by atoms with Crippen LogP contribution in [0.5, 0.6) is 5.75 Å². The van der Waals surface area contributed by atoms with Gasteiger partial charge in [-0.3, -0.25) is 9.89 Å². The van der Waals surface area contributed by atoms with E-state index in [2.05, 4.69) is 49.6 Å². The molecule has 3 aliphatic rings. The van der Waals surface area contributed by atoms with Crippen molar-refractivity contribution in [2.24, 2.45) is 5.92 Å². The molecule has 4 heterocycles. The Bertz CT molecular complexity index is 1470. The lowest BCUT2D eigenvalue weighted by Crippen LogP contribution is -2.43. The summed E-state index contributed by atoms with van der Waals surface area (Å²) < 4.78 is 6.39. The highest BCUT2D eigenvalue weighted by atomic mass is 16.5. The molecule has 1 saturated carbocycles. The minimum absolute atomic E-state index is 0.116. The summed E-state index contributed by atoms with van der Waals surface area (Å²) in [5.74, 6) is 1.82. The number of nitrogens with zero attached hydrogens (tertiary/aromatic N) is 4. The number of nitrogens with one attached hydrogen (secondary N) is 2. The molecule has 1 amide bonds. The lowest BCUT2D eigenvalue weighted by atomic mass is 9.96. The van der Waals surface area contributed by atoms with E-state index < -0.39 is 0 Å². The number of fused-ring (bicyclic) bond motifs is 3. The highest BCUT2D eigenvalue weighted by molar-refractivity contribution is 6.01. The van der Waals surface area contributed by atoms with Gasteiger partial charge >= 0.3 is 0 Å². The minimum atomic E-state index is -0.192. The number of hydrogen-bond acceptors (Lipinski definition) is 6. The number of rotatable bonds is 7. The number of amides is 1. The predicted molar refractivity (Wildman–Crippen MR) is 154 cm³/mol. The van der Waals surface area contributed by atoms with Crippen LogP contribution in [0.3, 0.4) is 0 Å². The third kappa shape index (κ3) is 4.85. The molecule has 1 aliphatic carbocycles. The summed E-state index contributed by atoms with van der Waals surface area (Å²) in [5, 5.41) is 11.9. The van der Waals surface area contributed by atoms with Crippen LogP contribution >= 0.6 is 0 Å². The fourth-order valence-electron chi connectivity index (χ4n) is 7.10. The van der Waals surface area contributed by atoms with Crippen molar-refractivity contribution in [2.75, 3.05) is 7.05 Å². The van der Waals surface area contributed by atoms with Crippen molar-refractivity contribution in [2.45, 2.75) is 75.6 Å². The van der Waals surface area contributed by atoms with Gasteiger partial charge in [0.2, 0.25) is 0 Å². The Morgan fingerprint density at radius 1 is 1.00 bits per heavy atom.